The fourth-order valence-electron chi connectivity index (χ4n) is 3.53. The minimum atomic E-state index is 0.0870. The first kappa shape index (κ1) is 16.3. The van der Waals surface area contributed by atoms with Gasteiger partial charge in [-0.05, 0) is 55.4 Å². The maximum atomic E-state index is 12.8. The number of carbonyl (C=O) groups excluding carboxylic acids is 1. The molecule has 1 aromatic rings. The number of rotatable bonds is 4. The van der Waals surface area contributed by atoms with Crippen molar-refractivity contribution in [2.75, 3.05) is 26.2 Å². The van der Waals surface area contributed by atoms with Crippen molar-refractivity contribution < 1.29 is 9.90 Å². The molecule has 0 radical (unpaired) electrons. The number of nitrogens with zero attached hydrogens (tertiary/aromatic N) is 2. The summed E-state index contributed by atoms with van der Waals surface area (Å²) in [5.74, 6) is 1.72. The lowest BCUT2D eigenvalue weighted by Crippen LogP contribution is -2.46. The van der Waals surface area contributed by atoms with Crippen LogP contribution in [0, 0.1) is 11.8 Å². The molecule has 1 atom stereocenters. The van der Waals surface area contributed by atoms with Gasteiger partial charge in [-0.1, -0.05) is 13.8 Å². The van der Waals surface area contributed by atoms with E-state index in [1.165, 1.54) is 19.4 Å². The first-order chi connectivity index (χ1) is 11.0. The Labute approximate surface area is 139 Å². The Balaban J connectivity index is 1.72. The summed E-state index contributed by atoms with van der Waals surface area (Å²) in [7, 11) is 0. The smallest absolute Gasteiger partial charge is 0.253 e. The van der Waals surface area contributed by atoms with Crippen molar-refractivity contribution in [3.63, 3.8) is 0 Å². The van der Waals surface area contributed by atoms with E-state index >= 15 is 0 Å². The highest BCUT2D eigenvalue weighted by Crippen LogP contribution is 2.32. The minimum absolute atomic E-state index is 0.0870. The topological polar surface area (TPSA) is 43.8 Å². The van der Waals surface area contributed by atoms with E-state index < -0.39 is 0 Å². The Morgan fingerprint density at radius 1 is 1.22 bits per heavy atom. The molecule has 1 saturated carbocycles. The molecule has 0 bridgehead atoms. The predicted octanol–water partition coefficient (Wildman–Crippen LogP) is 2.97. The summed E-state index contributed by atoms with van der Waals surface area (Å²) in [6.45, 7) is 8.45. The summed E-state index contributed by atoms with van der Waals surface area (Å²) >= 11 is 0. The van der Waals surface area contributed by atoms with Gasteiger partial charge in [-0.3, -0.25) is 9.69 Å². The predicted molar refractivity (Wildman–Crippen MR) is 91.6 cm³/mol. The Kier molecular flexibility index (Phi) is 4.90. The van der Waals surface area contributed by atoms with Crippen LogP contribution in [0.25, 0.3) is 0 Å². The Morgan fingerprint density at radius 2 is 1.91 bits per heavy atom. The van der Waals surface area contributed by atoms with Gasteiger partial charge in [0.15, 0.2) is 0 Å². The van der Waals surface area contributed by atoms with Gasteiger partial charge in [-0.25, -0.2) is 0 Å². The van der Waals surface area contributed by atoms with Crippen molar-refractivity contribution in [1.82, 2.24) is 9.80 Å². The average molecular weight is 316 g/mol. The molecule has 23 heavy (non-hydrogen) atoms. The van der Waals surface area contributed by atoms with Crippen LogP contribution in [-0.2, 0) is 0 Å². The first-order valence-electron chi connectivity index (χ1n) is 8.87. The molecule has 0 spiro atoms. The molecular formula is C19H28N2O2. The number of benzene rings is 1. The number of hydrogen-bond acceptors (Lipinski definition) is 3. The molecule has 1 aliphatic carbocycles. The summed E-state index contributed by atoms with van der Waals surface area (Å²) in [5, 5.41) is 9.40. The van der Waals surface area contributed by atoms with E-state index in [0.29, 0.717) is 17.5 Å². The van der Waals surface area contributed by atoms with Gasteiger partial charge in [-0.15, -0.1) is 0 Å². The molecule has 1 heterocycles. The molecule has 1 aromatic carbocycles. The van der Waals surface area contributed by atoms with Crippen LogP contribution in [0.4, 0.5) is 0 Å². The molecular weight excluding hydrogens is 288 g/mol. The van der Waals surface area contributed by atoms with Gasteiger partial charge in [0, 0.05) is 37.8 Å². The van der Waals surface area contributed by atoms with Gasteiger partial charge < -0.3 is 10.0 Å². The monoisotopic (exact) mass is 316 g/mol. The fourth-order valence-corrected chi connectivity index (χ4v) is 3.53. The van der Waals surface area contributed by atoms with Crippen molar-refractivity contribution in [3.8, 4) is 5.75 Å². The number of carbonyl (C=O) groups is 1. The van der Waals surface area contributed by atoms with Crippen molar-refractivity contribution in [2.24, 2.45) is 11.8 Å². The summed E-state index contributed by atoms with van der Waals surface area (Å²) < 4.78 is 0. The highest BCUT2D eigenvalue weighted by molar-refractivity contribution is 5.94. The second-order valence-corrected chi connectivity index (χ2v) is 7.40. The van der Waals surface area contributed by atoms with Gasteiger partial charge in [0.1, 0.15) is 5.75 Å². The Bertz CT molecular complexity index is 537. The third-order valence-corrected chi connectivity index (χ3v) is 5.11. The highest BCUT2D eigenvalue weighted by atomic mass is 16.3. The third-order valence-electron chi connectivity index (χ3n) is 5.11. The van der Waals surface area contributed by atoms with Crippen LogP contribution in [0.1, 0.15) is 43.5 Å². The van der Waals surface area contributed by atoms with Gasteiger partial charge in [-0.2, -0.15) is 0 Å². The van der Waals surface area contributed by atoms with Gasteiger partial charge in [0.05, 0.1) is 0 Å². The summed E-state index contributed by atoms with van der Waals surface area (Å²) in [6.07, 6.45) is 3.79. The number of hydrogen-bond donors (Lipinski definition) is 1. The second-order valence-electron chi connectivity index (χ2n) is 7.40. The summed E-state index contributed by atoms with van der Waals surface area (Å²) in [5.41, 5.74) is 0.668. The lowest BCUT2D eigenvalue weighted by atomic mass is 10.0. The molecule has 0 unspecified atom stereocenters. The lowest BCUT2D eigenvalue weighted by Gasteiger charge is -2.34. The van der Waals surface area contributed by atoms with E-state index in [-0.39, 0.29) is 11.7 Å². The molecule has 2 fully saturated rings. The van der Waals surface area contributed by atoms with Crippen molar-refractivity contribution in [3.05, 3.63) is 29.8 Å². The molecule has 126 valence electrons. The van der Waals surface area contributed by atoms with E-state index in [0.717, 1.165) is 32.0 Å². The molecule has 1 amide bonds. The van der Waals surface area contributed by atoms with Crippen LogP contribution in [0.15, 0.2) is 24.3 Å². The zero-order valence-electron chi connectivity index (χ0n) is 14.2. The standard InChI is InChI=1S/C19H28N2O2/c1-14(2)18-13-21(11-3-10-20(18)12-15-4-5-15)19(23)16-6-8-17(22)9-7-16/h6-9,14-15,18,22H,3-5,10-13H2,1-2H3/t18-/m1/s1. The summed E-state index contributed by atoms with van der Waals surface area (Å²) in [4.78, 5) is 17.4. The maximum absolute atomic E-state index is 12.8. The number of aromatic hydroxyl groups is 1. The molecule has 1 N–H and O–H groups in total. The SMILES string of the molecule is CC(C)[C@H]1CN(C(=O)c2ccc(O)cc2)CCCN1CC1CC1. The van der Waals surface area contributed by atoms with Crippen LogP contribution in [0.3, 0.4) is 0 Å². The number of amides is 1. The van der Waals surface area contributed by atoms with Gasteiger partial charge >= 0.3 is 0 Å². The molecule has 4 nitrogen and oxygen atoms in total. The van der Waals surface area contributed by atoms with Crippen LogP contribution >= 0.6 is 0 Å². The lowest BCUT2D eigenvalue weighted by molar-refractivity contribution is 0.0704. The van der Waals surface area contributed by atoms with Crippen molar-refractivity contribution in [2.45, 2.75) is 39.2 Å². The third kappa shape index (κ3) is 4.05. The molecule has 1 aliphatic heterocycles. The van der Waals surface area contributed by atoms with E-state index in [2.05, 4.69) is 18.7 Å². The second kappa shape index (κ2) is 6.91. The van der Waals surface area contributed by atoms with Crippen LogP contribution in [0.5, 0.6) is 5.75 Å². The van der Waals surface area contributed by atoms with Gasteiger partial charge in [0.25, 0.3) is 5.91 Å². The number of phenolic OH excluding ortho intramolecular Hbond substituents is 1. The molecule has 2 aliphatic rings. The maximum Gasteiger partial charge on any atom is 0.253 e. The normalized spacial score (nSPS) is 23.1. The van der Waals surface area contributed by atoms with Gasteiger partial charge in [0.2, 0.25) is 0 Å². The quantitative estimate of drug-likeness (QED) is 0.929. The highest BCUT2D eigenvalue weighted by Gasteiger charge is 2.33. The van der Waals surface area contributed by atoms with Crippen molar-refractivity contribution in [1.29, 1.82) is 0 Å². The molecule has 4 heteroatoms. The van der Waals surface area contributed by atoms with Crippen LogP contribution in [0.2, 0.25) is 0 Å². The minimum Gasteiger partial charge on any atom is -0.508 e. The summed E-state index contributed by atoms with van der Waals surface area (Å²) in [6, 6.07) is 7.05. The molecule has 3 rings (SSSR count). The zero-order chi connectivity index (χ0) is 16.4. The number of phenols is 1. The fraction of sp³-hybridized carbons (Fsp3) is 0.632. The van der Waals surface area contributed by atoms with Crippen LogP contribution in [-0.4, -0.2) is 53.0 Å². The Morgan fingerprint density at radius 3 is 2.52 bits per heavy atom. The van der Waals surface area contributed by atoms with E-state index in [4.69, 9.17) is 0 Å². The largest absolute Gasteiger partial charge is 0.508 e. The zero-order valence-corrected chi connectivity index (χ0v) is 14.2. The van der Waals surface area contributed by atoms with E-state index in [9.17, 15) is 9.90 Å². The molecule has 1 saturated heterocycles. The van der Waals surface area contributed by atoms with Crippen molar-refractivity contribution >= 4 is 5.91 Å². The van der Waals surface area contributed by atoms with E-state index in [1.807, 2.05) is 4.90 Å². The molecule has 0 aromatic heterocycles. The van der Waals surface area contributed by atoms with Crippen LogP contribution < -0.4 is 0 Å². The Hall–Kier alpha value is -1.55. The van der Waals surface area contributed by atoms with E-state index in [1.54, 1.807) is 24.3 Å². The average Bonchev–Trinajstić information content (AvgIpc) is 3.34. The first-order valence-corrected chi connectivity index (χ1v) is 8.87.